The summed E-state index contributed by atoms with van der Waals surface area (Å²) in [5, 5.41) is 16.8. The number of pyridine rings is 1. The van der Waals surface area contributed by atoms with Crippen molar-refractivity contribution in [2.75, 3.05) is 0 Å². The summed E-state index contributed by atoms with van der Waals surface area (Å²) in [6.45, 7) is 0. The SMILES string of the molecule is N#Cc1cc(C#CCC(=O)O)ccn1. The Hall–Kier alpha value is -2.33. The number of carboxylic acids is 1. The van der Waals surface area contributed by atoms with Gasteiger partial charge < -0.3 is 5.11 Å². The third-order valence-corrected chi connectivity index (χ3v) is 1.35. The zero-order valence-electron chi connectivity index (χ0n) is 7.19. The Morgan fingerprint density at radius 2 is 2.43 bits per heavy atom. The second-order valence-corrected chi connectivity index (χ2v) is 2.41. The molecule has 1 aromatic rings. The van der Waals surface area contributed by atoms with E-state index in [0.29, 0.717) is 5.56 Å². The highest BCUT2D eigenvalue weighted by Crippen LogP contribution is 1.98. The molecule has 4 nitrogen and oxygen atoms in total. The third-order valence-electron chi connectivity index (χ3n) is 1.35. The highest BCUT2D eigenvalue weighted by Gasteiger charge is 1.92. The lowest BCUT2D eigenvalue weighted by molar-refractivity contribution is -0.135. The van der Waals surface area contributed by atoms with Gasteiger partial charge in [0.1, 0.15) is 18.2 Å². The molecule has 0 spiro atoms. The van der Waals surface area contributed by atoms with Crippen molar-refractivity contribution in [2.24, 2.45) is 0 Å². The van der Waals surface area contributed by atoms with Crippen molar-refractivity contribution in [1.82, 2.24) is 4.98 Å². The molecule has 0 saturated heterocycles. The summed E-state index contributed by atoms with van der Waals surface area (Å²) >= 11 is 0. The molecule has 1 N–H and O–H groups in total. The van der Waals surface area contributed by atoms with Gasteiger partial charge in [0.2, 0.25) is 0 Å². The Balaban J connectivity index is 2.80. The van der Waals surface area contributed by atoms with Crippen LogP contribution in [0.3, 0.4) is 0 Å². The Morgan fingerprint density at radius 3 is 3.07 bits per heavy atom. The summed E-state index contributed by atoms with van der Waals surface area (Å²) in [6, 6.07) is 5.00. The average molecular weight is 186 g/mol. The highest BCUT2D eigenvalue weighted by atomic mass is 16.4. The molecule has 0 aliphatic rings. The van der Waals surface area contributed by atoms with Gasteiger partial charge in [0.25, 0.3) is 0 Å². The number of carboxylic acid groups (broad SMARTS) is 1. The standard InChI is InChI=1S/C10H6N2O2/c11-7-9-6-8(4-5-12-9)2-1-3-10(13)14/h4-6H,3H2,(H,13,14). The lowest BCUT2D eigenvalue weighted by atomic mass is 10.2. The van der Waals surface area contributed by atoms with Crippen LogP contribution in [-0.2, 0) is 4.79 Å². The monoisotopic (exact) mass is 186 g/mol. The second kappa shape index (κ2) is 4.64. The van der Waals surface area contributed by atoms with Crippen molar-refractivity contribution in [1.29, 1.82) is 5.26 Å². The van der Waals surface area contributed by atoms with Gasteiger partial charge in [0.05, 0.1) is 0 Å². The summed E-state index contributed by atoms with van der Waals surface area (Å²) < 4.78 is 0. The first-order valence-corrected chi connectivity index (χ1v) is 3.79. The van der Waals surface area contributed by atoms with Gasteiger partial charge in [-0.1, -0.05) is 11.8 Å². The molecule has 0 atom stereocenters. The van der Waals surface area contributed by atoms with E-state index in [2.05, 4.69) is 16.8 Å². The molecule has 0 fully saturated rings. The number of hydrogen-bond donors (Lipinski definition) is 1. The highest BCUT2D eigenvalue weighted by molar-refractivity contribution is 5.70. The molecule has 0 amide bonds. The van der Waals surface area contributed by atoms with Crippen molar-refractivity contribution in [3.63, 3.8) is 0 Å². The topological polar surface area (TPSA) is 74.0 Å². The van der Waals surface area contributed by atoms with Gasteiger partial charge in [-0.15, -0.1) is 0 Å². The molecular formula is C10H6N2O2. The van der Waals surface area contributed by atoms with E-state index < -0.39 is 5.97 Å². The minimum absolute atomic E-state index is 0.204. The van der Waals surface area contributed by atoms with Crippen LogP contribution in [0.1, 0.15) is 17.7 Å². The third kappa shape index (κ3) is 2.96. The van der Waals surface area contributed by atoms with Crippen LogP contribution >= 0.6 is 0 Å². The molecule has 1 aromatic heterocycles. The number of nitrogens with zero attached hydrogens (tertiary/aromatic N) is 2. The number of rotatable bonds is 1. The van der Waals surface area contributed by atoms with E-state index in [1.54, 1.807) is 6.07 Å². The molecule has 1 heterocycles. The number of aromatic nitrogens is 1. The van der Waals surface area contributed by atoms with Gasteiger partial charge in [-0.2, -0.15) is 5.26 Å². The molecule has 0 saturated carbocycles. The summed E-state index contributed by atoms with van der Waals surface area (Å²) in [5.74, 6) is 4.13. The zero-order valence-corrected chi connectivity index (χ0v) is 7.19. The van der Waals surface area contributed by atoms with E-state index in [4.69, 9.17) is 10.4 Å². The van der Waals surface area contributed by atoms with E-state index in [9.17, 15) is 4.79 Å². The number of carbonyl (C=O) groups is 1. The van der Waals surface area contributed by atoms with Gasteiger partial charge in [0.15, 0.2) is 0 Å². The molecule has 0 unspecified atom stereocenters. The molecular weight excluding hydrogens is 180 g/mol. The van der Waals surface area contributed by atoms with Crippen molar-refractivity contribution >= 4 is 5.97 Å². The summed E-state index contributed by atoms with van der Waals surface area (Å²) in [5.41, 5.74) is 0.866. The van der Waals surface area contributed by atoms with E-state index in [1.165, 1.54) is 12.3 Å². The maximum absolute atomic E-state index is 10.1. The Bertz CT molecular complexity index is 449. The predicted molar refractivity (Wildman–Crippen MR) is 48.1 cm³/mol. The van der Waals surface area contributed by atoms with Crippen LogP contribution in [0, 0.1) is 23.2 Å². The number of hydrogen-bond acceptors (Lipinski definition) is 3. The normalized spacial score (nSPS) is 8.21. The molecule has 1 rings (SSSR count). The molecule has 0 aliphatic heterocycles. The molecule has 0 aliphatic carbocycles. The van der Waals surface area contributed by atoms with Crippen LogP contribution < -0.4 is 0 Å². The number of aliphatic carboxylic acids is 1. The van der Waals surface area contributed by atoms with Crippen LogP contribution in [0.25, 0.3) is 0 Å². The molecule has 14 heavy (non-hydrogen) atoms. The zero-order chi connectivity index (χ0) is 10.4. The van der Waals surface area contributed by atoms with E-state index in [1.807, 2.05) is 6.07 Å². The van der Waals surface area contributed by atoms with Crippen molar-refractivity contribution < 1.29 is 9.90 Å². The fraction of sp³-hybridized carbons (Fsp3) is 0.100. The first-order valence-electron chi connectivity index (χ1n) is 3.79. The van der Waals surface area contributed by atoms with Crippen LogP contribution in [0.4, 0.5) is 0 Å². The van der Waals surface area contributed by atoms with E-state index in [-0.39, 0.29) is 12.1 Å². The fourth-order valence-corrected chi connectivity index (χ4v) is 0.791. The van der Waals surface area contributed by atoms with E-state index in [0.717, 1.165) is 0 Å². The second-order valence-electron chi connectivity index (χ2n) is 2.41. The van der Waals surface area contributed by atoms with Gasteiger partial charge in [-0.3, -0.25) is 4.79 Å². The number of nitriles is 1. The van der Waals surface area contributed by atoms with Crippen molar-refractivity contribution in [2.45, 2.75) is 6.42 Å². The Morgan fingerprint density at radius 1 is 1.64 bits per heavy atom. The first kappa shape index (κ1) is 9.76. The van der Waals surface area contributed by atoms with Gasteiger partial charge in [-0.25, -0.2) is 4.98 Å². The summed E-state index contributed by atoms with van der Waals surface area (Å²) in [7, 11) is 0. The maximum atomic E-state index is 10.1. The molecule has 4 heteroatoms. The van der Waals surface area contributed by atoms with Crippen molar-refractivity contribution in [3.05, 3.63) is 29.6 Å². The quantitative estimate of drug-likeness (QED) is 0.657. The van der Waals surface area contributed by atoms with Gasteiger partial charge in [0, 0.05) is 11.8 Å². The average Bonchev–Trinajstić information content (AvgIpc) is 2.18. The molecule has 68 valence electrons. The fourth-order valence-electron chi connectivity index (χ4n) is 0.791. The Labute approximate surface area is 80.8 Å². The Kier molecular flexibility index (Phi) is 3.23. The first-order chi connectivity index (χ1) is 6.72. The minimum atomic E-state index is -0.966. The molecule has 0 aromatic carbocycles. The minimum Gasteiger partial charge on any atom is -0.481 e. The maximum Gasteiger partial charge on any atom is 0.315 e. The van der Waals surface area contributed by atoms with Crippen LogP contribution in [0.2, 0.25) is 0 Å². The molecule has 0 radical (unpaired) electrons. The lowest BCUT2D eigenvalue weighted by Crippen LogP contribution is -1.90. The molecule has 0 bridgehead atoms. The smallest absolute Gasteiger partial charge is 0.315 e. The van der Waals surface area contributed by atoms with Crippen LogP contribution in [0.5, 0.6) is 0 Å². The van der Waals surface area contributed by atoms with Gasteiger partial charge in [-0.05, 0) is 12.1 Å². The summed E-state index contributed by atoms with van der Waals surface area (Å²) in [4.78, 5) is 13.9. The van der Waals surface area contributed by atoms with Gasteiger partial charge >= 0.3 is 5.97 Å². The largest absolute Gasteiger partial charge is 0.481 e. The van der Waals surface area contributed by atoms with Crippen molar-refractivity contribution in [3.8, 4) is 17.9 Å². The predicted octanol–water partition coefficient (Wildman–Crippen LogP) is 0.779. The lowest BCUT2D eigenvalue weighted by Gasteiger charge is -1.89. The van der Waals surface area contributed by atoms with E-state index >= 15 is 0 Å². The summed E-state index contributed by atoms with van der Waals surface area (Å²) in [6.07, 6.45) is 1.26. The van der Waals surface area contributed by atoms with Crippen LogP contribution in [0.15, 0.2) is 18.3 Å². The van der Waals surface area contributed by atoms with Crippen LogP contribution in [-0.4, -0.2) is 16.1 Å².